The van der Waals surface area contributed by atoms with E-state index in [0.29, 0.717) is 55.9 Å². The van der Waals surface area contributed by atoms with Crippen LogP contribution in [0.4, 0.5) is 5.95 Å². The molecule has 2 aromatic rings. The van der Waals surface area contributed by atoms with Crippen molar-refractivity contribution in [3.05, 3.63) is 41.7 Å². The normalized spacial score (nSPS) is 13.9. The van der Waals surface area contributed by atoms with E-state index < -0.39 is 0 Å². The molecule has 1 aromatic heterocycles. The largest absolute Gasteiger partial charge is 0.493 e. The summed E-state index contributed by atoms with van der Waals surface area (Å²) in [7, 11) is 3.23. The highest BCUT2D eigenvalue weighted by atomic mass is 16.5. The third-order valence-corrected chi connectivity index (χ3v) is 4.34. The molecule has 1 amide bonds. The zero-order valence-corrected chi connectivity index (χ0v) is 15.6. The van der Waals surface area contributed by atoms with Gasteiger partial charge in [0.2, 0.25) is 5.95 Å². The summed E-state index contributed by atoms with van der Waals surface area (Å²) in [6, 6.07) is 5.83. The number of carbonyl (C=O) groups excluding carboxylic acids is 1. The highest BCUT2D eigenvalue weighted by molar-refractivity contribution is 5.93. The minimum atomic E-state index is -0.0600. The predicted octanol–water partition coefficient (Wildman–Crippen LogP) is 1.62. The zero-order valence-electron chi connectivity index (χ0n) is 15.6. The van der Waals surface area contributed by atoms with Crippen LogP contribution in [0.2, 0.25) is 0 Å². The minimum absolute atomic E-state index is 0.0600. The van der Waals surface area contributed by atoms with Gasteiger partial charge >= 0.3 is 0 Å². The van der Waals surface area contributed by atoms with Gasteiger partial charge in [0, 0.05) is 32.0 Å². The Morgan fingerprint density at radius 3 is 2.52 bits per heavy atom. The fourth-order valence-electron chi connectivity index (χ4n) is 2.83. The Bertz CT molecular complexity index is 761. The summed E-state index contributed by atoms with van der Waals surface area (Å²) in [4.78, 5) is 22.6. The van der Waals surface area contributed by atoms with Gasteiger partial charge in [0.25, 0.3) is 5.91 Å². The second-order valence-corrected chi connectivity index (χ2v) is 6.07. The number of nitrogens with zero attached hydrogens (tertiary/aromatic N) is 3. The van der Waals surface area contributed by atoms with Crippen LogP contribution in [-0.4, -0.2) is 67.8 Å². The van der Waals surface area contributed by atoms with Crippen LogP contribution in [-0.2, 0) is 11.2 Å². The van der Waals surface area contributed by atoms with E-state index in [4.69, 9.17) is 14.2 Å². The van der Waals surface area contributed by atoms with E-state index in [9.17, 15) is 4.79 Å². The third kappa shape index (κ3) is 4.85. The number of nitrogens with one attached hydrogen (secondary N) is 1. The lowest BCUT2D eigenvalue weighted by molar-refractivity contribution is 0.0302. The molecule has 2 heterocycles. The quantitative estimate of drug-likeness (QED) is 0.790. The Balaban J connectivity index is 1.52. The summed E-state index contributed by atoms with van der Waals surface area (Å²) < 4.78 is 15.8. The van der Waals surface area contributed by atoms with Gasteiger partial charge in [-0.25, -0.2) is 9.97 Å². The first kappa shape index (κ1) is 18.9. The lowest BCUT2D eigenvalue weighted by atomic mass is 10.1. The van der Waals surface area contributed by atoms with E-state index in [0.717, 1.165) is 12.0 Å². The topological polar surface area (TPSA) is 85.8 Å². The number of rotatable bonds is 7. The fourth-order valence-corrected chi connectivity index (χ4v) is 2.83. The van der Waals surface area contributed by atoms with Gasteiger partial charge in [-0.3, -0.25) is 4.79 Å². The Hall–Kier alpha value is -2.87. The number of amides is 1. The van der Waals surface area contributed by atoms with E-state index in [-0.39, 0.29) is 5.91 Å². The van der Waals surface area contributed by atoms with Gasteiger partial charge in [0.1, 0.15) is 0 Å². The number of anilines is 1. The van der Waals surface area contributed by atoms with Crippen LogP contribution >= 0.6 is 0 Å². The number of carbonyl (C=O) groups is 1. The van der Waals surface area contributed by atoms with Crippen molar-refractivity contribution in [3.63, 3.8) is 0 Å². The molecular weight excluding hydrogens is 348 g/mol. The molecule has 0 atom stereocenters. The first-order valence-corrected chi connectivity index (χ1v) is 8.85. The van der Waals surface area contributed by atoms with Crippen LogP contribution in [0.5, 0.6) is 11.5 Å². The molecule has 0 spiro atoms. The van der Waals surface area contributed by atoms with Crippen LogP contribution in [0.1, 0.15) is 15.9 Å². The van der Waals surface area contributed by atoms with Crippen LogP contribution in [0.15, 0.2) is 30.6 Å². The van der Waals surface area contributed by atoms with Crippen molar-refractivity contribution >= 4 is 11.9 Å². The van der Waals surface area contributed by atoms with E-state index in [1.54, 1.807) is 31.5 Å². The average Bonchev–Trinajstić information content (AvgIpc) is 2.74. The van der Waals surface area contributed by atoms with Crippen molar-refractivity contribution in [2.24, 2.45) is 0 Å². The second-order valence-electron chi connectivity index (χ2n) is 6.07. The maximum absolute atomic E-state index is 12.4. The van der Waals surface area contributed by atoms with Crippen molar-refractivity contribution < 1.29 is 19.0 Å². The maximum Gasteiger partial charge on any atom is 0.257 e. The van der Waals surface area contributed by atoms with E-state index in [1.807, 2.05) is 18.2 Å². The Morgan fingerprint density at radius 1 is 1.15 bits per heavy atom. The molecule has 1 aromatic carbocycles. The smallest absolute Gasteiger partial charge is 0.257 e. The van der Waals surface area contributed by atoms with E-state index in [1.165, 1.54) is 0 Å². The highest BCUT2D eigenvalue weighted by Crippen LogP contribution is 2.27. The molecule has 1 saturated heterocycles. The molecule has 0 unspecified atom stereocenters. The first-order valence-electron chi connectivity index (χ1n) is 8.85. The summed E-state index contributed by atoms with van der Waals surface area (Å²) in [5.41, 5.74) is 1.60. The molecule has 8 heteroatoms. The SMILES string of the molecule is COc1ccc(CCNc2ncc(C(=O)N3CCOCC3)cn2)cc1OC. The molecular formula is C19H24N4O4. The van der Waals surface area contributed by atoms with E-state index >= 15 is 0 Å². The number of morpholine rings is 1. The number of methoxy groups -OCH3 is 2. The third-order valence-electron chi connectivity index (χ3n) is 4.34. The first-order chi connectivity index (χ1) is 13.2. The summed E-state index contributed by atoms with van der Waals surface area (Å²) in [5, 5.41) is 3.17. The molecule has 1 fully saturated rings. The van der Waals surface area contributed by atoms with Gasteiger partial charge in [0.05, 0.1) is 33.0 Å². The molecule has 0 bridgehead atoms. The Kier molecular flexibility index (Phi) is 6.43. The number of hydrogen-bond donors (Lipinski definition) is 1. The van der Waals surface area contributed by atoms with Crippen molar-refractivity contribution in [2.75, 3.05) is 52.4 Å². The van der Waals surface area contributed by atoms with Gasteiger partial charge in [0.15, 0.2) is 11.5 Å². The van der Waals surface area contributed by atoms with Crippen molar-refractivity contribution in [1.29, 1.82) is 0 Å². The standard InChI is InChI=1S/C19H24N4O4/c1-25-16-4-3-14(11-17(16)26-2)5-6-20-19-21-12-15(13-22-19)18(24)23-7-9-27-10-8-23/h3-4,11-13H,5-10H2,1-2H3,(H,20,21,22). The Labute approximate surface area is 158 Å². The maximum atomic E-state index is 12.4. The molecule has 0 saturated carbocycles. The van der Waals surface area contributed by atoms with Crippen LogP contribution < -0.4 is 14.8 Å². The van der Waals surface area contributed by atoms with Gasteiger partial charge in [-0.1, -0.05) is 6.07 Å². The minimum Gasteiger partial charge on any atom is -0.493 e. The fraction of sp³-hybridized carbons (Fsp3) is 0.421. The van der Waals surface area contributed by atoms with Crippen molar-refractivity contribution in [2.45, 2.75) is 6.42 Å². The van der Waals surface area contributed by atoms with Gasteiger partial charge < -0.3 is 24.4 Å². The van der Waals surface area contributed by atoms with Crippen LogP contribution in [0.3, 0.4) is 0 Å². The van der Waals surface area contributed by atoms with Gasteiger partial charge in [-0.05, 0) is 24.1 Å². The monoisotopic (exact) mass is 372 g/mol. The molecule has 8 nitrogen and oxygen atoms in total. The predicted molar refractivity (Wildman–Crippen MR) is 100 cm³/mol. The molecule has 1 N–H and O–H groups in total. The lowest BCUT2D eigenvalue weighted by Crippen LogP contribution is -2.40. The molecule has 3 rings (SSSR count). The number of aromatic nitrogens is 2. The summed E-state index contributed by atoms with van der Waals surface area (Å²) in [6.45, 7) is 3.01. The highest BCUT2D eigenvalue weighted by Gasteiger charge is 2.19. The molecule has 1 aliphatic heterocycles. The number of ether oxygens (including phenoxy) is 3. The van der Waals surface area contributed by atoms with Crippen LogP contribution in [0.25, 0.3) is 0 Å². The molecule has 27 heavy (non-hydrogen) atoms. The molecule has 0 radical (unpaired) electrons. The number of hydrogen-bond acceptors (Lipinski definition) is 7. The average molecular weight is 372 g/mol. The van der Waals surface area contributed by atoms with Crippen molar-refractivity contribution in [1.82, 2.24) is 14.9 Å². The summed E-state index contributed by atoms with van der Waals surface area (Å²) >= 11 is 0. The summed E-state index contributed by atoms with van der Waals surface area (Å²) in [6.07, 6.45) is 3.89. The molecule has 144 valence electrons. The number of benzene rings is 1. The summed E-state index contributed by atoms with van der Waals surface area (Å²) in [5.74, 6) is 1.85. The Morgan fingerprint density at radius 2 is 1.85 bits per heavy atom. The van der Waals surface area contributed by atoms with Gasteiger partial charge in [-0.15, -0.1) is 0 Å². The van der Waals surface area contributed by atoms with Crippen LogP contribution in [0, 0.1) is 0 Å². The van der Waals surface area contributed by atoms with E-state index in [2.05, 4.69) is 15.3 Å². The zero-order chi connectivity index (χ0) is 19.1. The molecule has 1 aliphatic rings. The second kappa shape index (κ2) is 9.18. The van der Waals surface area contributed by atoms with Gasteiger partial charge in [-0.2, -0.15) is 0 Å². The molecule has 0 aliphatic carbocycles. The lowest BCUT2D eigenvalue weighted by Gasteiger charge is -2.26. The van der Waals surface area contributed by atoms with Crippen molar-refractivity contribution in [3.8, 4) is 11.5 Å².